The number of hydrogen-bond donors (Lipinski definition) is 2. The Kier molecular flexibility index (Phi) is 4.51. The van der Waals surface area contributed by atoms with Crippen molar-refractivity contribution in [3.63, 3.8) is 0 Å². The molecule has 2 N–H and O–H groups in total. The summed E-state index contributed by atoms with van der Waals surface area (Å²) in [7, 11) is 0. The van der Waals surface area contributed by atoms with Crippen molar-refractivity contribution in [1.82, 2.24) is 19.9 Å². The summed E-state index contributed by atoms with van der Waals surface area (Å²) in [5.74, 6) is -0.170. The first-order valence-electron chi connectivity index (χ1n) is 7.48. The quantitative estimate of drug-likeness (QED) is 0.882. The molecule has 0 radical (unpaired) electrons. The van der Waals surface area contributed by atoms with Crippen molar-refractivity contribution in [1.29, 1.82) is 0 Å². The van der Waals surface area contributed by atoms with Crippen molar-refractivity contribution in [2.24, 2.45) is 5.41 Å². The van der Waals surface area contributed by atoms with E-state index < -0.39 is 0 Å². The van der Waals surface area contributed by atoms with Gasteiger partial charge in [0.15, 0.2) is 5.65 Å². The van der Waals surface area contributed by atoms with Gasteiger partial charge >= 0.3 is 0 Å². The molecular formula is C16H24N4O2. The number of nitrogens with zero attached hydrogens (tertiary/aromatic N) is 3. The molecule has 0 aliphatic heterocycles. The lowest BCUT2D eigenvalue weighted by Crippen LogP contribution is -2.34. The Morgan fingerprint density at radius 2 is 2.05 bits per heavy atom. The first-order valence-corrected chi connectivity index (χ1v) is 7.48. The molecule has 2 heterocycles. The van der Waals surface area contributed by atoms with Crippen LogP contribution in [0.15, 0.2) is 6.07 Å². The number of fused-ring (bicyclic) bond motifs is 1. The molecule has 0 spiro atoms. The monoisotopic (exact) mass is 304 g/mol. The number of aromatic nitrogens is 3. The smallest absolute Gasteiger partial charge is 0.257 e. The highest BCUT2D eigenvalue weighted by Gasteiger charge is 2.23. The zero-order valence-electron chi connectivity index (χ0n) is 13.9. The van der Waals surface area contributed by atoms with Gasteiger partial charge in [-0.05, 0) is 38.7 Å². The van der Waals surface area contributed by atoms with Crippen LogP contribution in [0.2, 0.25) is 0 Å². The number of aryl methyl sites for hydroxylation is 3. The highest BCUT2D eigenvalue weighted by atomic mass is 16.3. The molecule has 2 aromatic rings. The first kappa shape index (κ1) is 16.4. The molecular weight excluding hydrogens is 280 g/mol. The molecule has 0 unspecified atom stereocenters. The van der Waals surface area contributed by atoms with Gasteiger partial charge in [0.05, 0.1) is 5.69 Å². The van der Waals surface area contributed by atoms with Gasteiger partial charge in [0.2, 0.25) is 0 Å². The van der Waals surface area contributed by atoms with Crippen LogP contribution in [0.3, 0.4) is 0 Å². The lowest BCUT2D eigenvalue weighted by Gasteiger charge is -2.23. The molecule has 2 aromatic heterocycles. The molecule has 0 aliphatic rings. The van der Waals surface area contributed by atoms with E-state index in [0.717, 1.165) is 11.4 Å². The molecule has 0 fully saturated rings. The molecule has 0 saturated carbocycles. The van der Waals surface area contributed by atoms with Crippen molar-refractivity contribution in [3.8, 4) is 0 Å². The normalized spacial score (nSPS) is 11.9. The van der Waals surface area contributed by atoms with Gasteiger partial charge in [-0.3, -0.25) is 4.79 Å². The van der Waals surface area contributed by atoms with E-state index in [9.17, 15) is 4.79 Å². The maximum Gasteiger partial charge on any atom is 0.257 e. The topological polar surface area (TPSA) is 79.5 Å². The van der Waals surface area contributed by atoms with Gasteiger partial charge in [0, 0.05) is 24.5 Å². The number of aliphatic hydroxyl groups is 1. The Bertz CT molecular complexity index is 704. The maximum absolute atomic E-state index is 12.5. The number of carbonyl (C=O) groups excluding carboxylic acids is 1. The van der Waals surface area contributed by atoms with Gasteiger partial charge in [-0.1, -0.05) is 13.8 Å². The average molecular weight is 304 g/mol. The van der Waals surface area contributed by atoms with E-state index in [4.69, 9.17) is 5.11 Å². The predicted molar refractivity (Wildman–Crippen MR) is 85.0 cm³/mol. The Labute approximate surface area is 130 Å². The summed E-state index contributed by atoms with van der Waals surface area (Å²) in [5.41, 5.74) is 3.43. The van der Waals surface area contributed by atoms with Crippen molar-refractivity contribution in [2.45, 2.75) is 41.0 Å². The molecule has 0 atom stereocenters. The van der Waals surface area contributed by atoms with E-state index in [-0.39, 0.29) is 17.9 Å². The highest BCUT2D eigenvalue weighted by Crippen LogP contribution is 2.20. The van der Waals surface area contributed by atoms with Crippen LogP contribution in [0.4, 0.5) is 0 Å². The van der Waals surface area contributed by atoms with Crippen LogP contribution in [-0.2, 0) is 0 Å². The van der Waals surface area contributed by atoms with Gasteiger partial charge in [0.1, 0.15) is 5.56 Å². The number of rotatable bonds is 5. The summed E-state index contributed by atoms with van der Waals surface area (Å²) in [6.07, 6.45) is 0.636. The molecule has 0 aromatic carbocycles. The van der Waals surface area contributed by atoms with Gasteiger partial charge in [-0.15, -0.1) is 0 Å². The zero-order chi connectivity index (χ0) is 16.5. The molecule has 6 nitrogen and oxygen atoms in total. The second-order valence-corrected chi connectivity index (χ2v) is 6.56. The summed E-state index contributed by atoms with van der Waals surface area (Å²) >= 11 is 0. The Hall–Kier alpha value is -1.95. The molecule has 1 amide bonds. The molecule has 2 rings (SSSR count). The Morgan fingerprint density at radius 1 is 1.36 bits per heavy atom. The third kappa shape index (κ3) is 3.27. The van der Waals surface area contributed by atoms with Crippen LogP contribution >= 0.6 is 0 Å². The van der Waals surface area contributed by atoms with E-state index in [1.54, 1.807) is 4.52 Å². The van der Waals surface area contributed by atoms with E-state index in [1.807, 2.05) is 40.7 Å². The third-order valence-electron chi connectivity index (χ3n) is 3.81. The fourth-order valence-electron chi connectivity index (χ4n) is 2.49. The van der Waals surface area contributed by atoms with Crippen molar-refractivity contribution in [3.05, 3.63) is 28.7 Å². The van der Waals surface area contributed by atoms with Crippen molar-refractivity contribution in [2.75, 3.05) is 13.2 Å². The van der Waals surface area contributed by atoms with Crippen LogP contribution < -0.4 is 5.32 Å². The average Bonchev–Trinajstić information content (AvgIpc) is 2.73. The largest absolute Gasteiger partial charge is 0.396 e. The molecule has 6 heteroatoms. The Morgan fingerprint density at radius 3 is 2.68 bits per heavy atom. The minimum atomic E-state index is -0.170. The first-order chi connectivity index (χ1) is 10.2. The van der Waals surface area contributed by atoms with Crippen molar-refractivity contribution >= 4 is 11.6 Å². The lowest BCUT2D eigenvalue weighted by atomic mass is 9.89. The van der Waals surface area contributed by atoms with Gasteiger partial charge in [0.25, 0.3) is 5.91 Å². The minimum Gasteiger partial charge on any atom is -0.396 e. The predicted octanol–water partition coefficient (Wildman–Crippen LogP) is 1.79. The van der Waals surface area contributed by atoms with Crippen LogP contribution in [0.25, 0.3) is 5.65 Å². The van der Waals surface area contributed by atoms with Crippen molar-refractivity contribution < 1.29 is 9.90 Å². The summed E-state index contributed by atoms with van der Waals surface area (Å²) in [5, 5.41) is 16.4. The van der Waals surface area contributed by atoms with E-state index >= 15 is 0 Å². The molecule has 0 bridgehead atoms. The summed E-state index contributed by atoms with van der Waals surface area (Å²) in [6, 6.07) is 1.94. The number of aliphatic hydroxyl groups excluding tert-OH is 1. The van der Waals surface area contributed by atoms with Crippen LogP contribution in [-0.4, -0.2) is 38.8 Å². The number of hydrogen-bond acceptors (Lipinski definition) is 4. The Balaban J connectivity index is 2.30. The van der Waals surface area contributed by atoms with E-state index in [0.29, 0.717) is 29.9 Å². The number of nitrogens with one attached hydrogen (secondary N) is 1. The van der Waals surface area contributed by atoms with Crippen LogP contribution in [0, 0.1) is 26.2 Å². The van der Waals surface area contributed by atoms with Gasteiger partial charge in [-0.2, -0.15) is 5.10 Å². The molecule has 0 saturated heterocycles. The van der Waals surface area contributed by atoms with Crippen LogP contribution in [0.5, 0.6) is 0 Å². The molecule has 22 heavy (non-hydrogen) atoms. The zero-order valence-corrected chi connectivity index (χ0v) is 13.9. The van der Waals surface area contributed by atoms with Gasteiger partial charge in [-0.25, -0.2) is 9.50 Å². The van der Waals surface area contributed by atoms with E-state index in [2.05, 4.69) is 15.4 Å². The van der Waals surface area contributed by atoms with E-state index in [1.165, 1.54) is 0 Å². The third-order valence-corrected chi connectivity index (χ3v) is 3.81. The standard InChI is InChI=1S/C16H24N4O2/c1-10-8-11(2)20-14(18-10)13(12(3)19-20)15(22)17-9-16(4,5)6-7-21/h8,21H,6-7,9H2,1-5H3,(H,17,22). The number of amides is 1. The molecule has 0 aliphatic carbocycles. The minimum absolute atomic E-state index is 0.110. The van der Waals surface area contributed by atoms with Gasteiger partial charge < -0.3 is 10.4 Å². The highest BCUT2D eigenvalue weighted by molar-refractivity contribution is 6.01. The van der Waals surface area contributed by atoms with Crippen LogP contribution in [0.1, 0.15) is 47.7 Å². The lowest BCUT2D eigenvalue weighted by molar-refractivity contribution is 0.0929. The number of carbonyl (C=O) groups is 1. The summed E-state index contributed by atoms with van der Waals surface area (Å²) in [4.78, 5) is 17.0. The molecule has 120 valence electrons. The summed E-state index contributed by atoms with van der Waals surface area (Å²) in [6.45, 7) is 10.3. The fourth-order valence-corrected chi connectivity index (χ4v) is 2.49. The second-order valence-electron chi connectivity index (χ2n) is 6.56. The maximum atomic E-state index is 12.5. The fraction of sp³-hybridized carbons (Fsp3) is 0.562. The SMILES string of the molecule is Cc1cc(C)n2nc(C)c(C(=O)NCC(C)(C)CCO)c2n1. The second kappa shape index (κ2) is 6.04. The summed E-state index contributed by atoms with van der Waals surface area (Å²) < 4.78 is 1.70.